The van der Waals surface area contributed by atoms with Gasteiger partial charge in [0.1, 0.15) is 5.82 Å². The van der Waals surface area contributed by atoms with Gasteiger partial charge >= 0.3 is 6.03 Å². The molecule has 0 aliphatic carbocycles. The van der Waals surface area contributed by atoms with Crippen molar-refractivity contribution in [1.82, 2.24) is 25.4 Å². The third kappa shape index (κ3) is 4.06. The minimum atomic E-state index is -0.421. The van der Waals surface area contributed by atoms with E-state index in [1.54, 1.807) is 6.92 Å². The molecule has 0 radical (unpaired) electrons. The normalized spacial score (nSPS) is 12.0. The first-order valence-corrected chi connectivity index (χ1v) is 7.60. The molecule has 0 bridgehead atoms. The summed E-state index contributed by atoms with van der Waals surface area (Å²) in [6.07, 6.45) is 2.67. The van der Waals surface area contributed by atoms with Gasteiger partial charge in [0.25, 0.3) is 0 Å². The van der Waals surface area contributed by atoms with Crippen LogP contribution in [-0.4, -0.2) is 20.8 Å². The molecule has 6 nitrogen and oxygen atoms in total. The molecular formula is C16H22FN5O. The molecule has 2 amide bonds. The fourth-order valence-corrected chi connectivity index (χ4v) is 2.46. The molecule has 7 heteroatoms. The molecule has 1 atom stereocenters. The van der Waals surface area contributed by atoms with Crippen LogP contribution in [0.4, 0.5) is 9.18 Å². The van der Waals surface area contributed by atoms with E-state index in [0.29, 0.717) is 12.1 Å². The predicted octanol–water partition coefficient (Wildman–Crippen LogP) is 2.61. The van der Waals surface area contributed by atoms with Crippen molar-refractivity contribution in [2.45, 2.75) is 46.8 Å². The van der Waals surface area contributed by atoms with E-state index in [9.17, 15) is 9.18 Å². The summed E-state index contributed by atoms with van der Waals surface area (Å²) in [7, 11) is 0. The van der Waals surface area contributed by atoms with Gasteiger partial charge in [-0.2, -0.15) is 5.10 Å². The van der Waals surface area contributed by atoms with Crippen LogP contribution in [0.2, 0.25) is 0 Å². The average Bonchev–Trinajstić information content (AvgIpc) is 2.79. The molecule has 0 spiro atoms. The number of rotatable bonds is 5. The minimum absolute atomic E-state index is 0.315. The monoisotopic (exact) mass is 319 g/mol. The smallest absolute Gasteiger partial charge is 0.315 e. The Bertz CT molecular complexity index is 698. The molecule has 2 heterocycles. The number of nitrogens with one attached hydrogen (secondary N) is 2. The maximum absolute atomic E-state index is 13.2. The summed E-state index contributed by atoms with van der Waals surface area (Å²) in [6, 6.07) is 0.709. The van der Waals surface area contributed by atoms with E-state index < -0.39 is 5.82 Å². The number of hydrogen-bond donors (Lipinski definition) is 2. The summed E-state index contributed by atoms with van der Waals surface area (Å²) >= 11 is 0. The first-order valence-electron chi connectivity index (χ1n) is 7.60. The number of hydrogen-bond acceptors (Lipinski definition) is 3. The highest BCUT2D eigenvalue weighted by Gasteiger charge is 2.13. The Morgan fingerprint density at radius 2 is 2.13 bits per heavy atom. The van der Waals surface area contributed by atoms with Gasteiger partial charge < -0.3 is 10.6 Å². The van der Waals surface area contributed by atoms with Gasteiger partial charge in [-0.25, -0.2) is 9.18 Å². The lowest BCUT2D eigenvalue weighted by Gasteiger charge is -2.15. The molecule has 2 aromatic heterocycles. The van der Waals surface area contributed by atoms with Gasteiger partial charge in [-0.15, -0.1) is 0 Å². The van der Waals surface area contributed by atoms with Crippen LogP contribution in [0.3, 0.4) is 0 Å². The van der Waals surface area contributed by atoms with E-state index >= 15 is 0 Å². The Balaban J connectivity index is 1.94. The van der Waals surface area contributed by atoms with Crippen LogP contribution in [0.5, 0.6) is 0 Å². The maximum Gasteiger partial charge on any atom is 0.315 e. The summed E-state index contributed by atoms with van der Waals surface area (Å²) in [5.41, 5.74) is 3.59. The van der Waals surface area contributed by atoms with Gasteiger partial charge in [0, 0.05) is 30.5 Å². The lowest BCUT2D eigenvalue weighted by Crippen LogP contribution is -2.36. The molecule has 0 fully saturated rings. The maximum atomic E-state index is 13.2. The van der Waals surface area contributed by atoms with Crippen LogP contribution in [0.25, 0.3) is 0 Å². The number of amides is 2. The second-order valence-corrected chi connectivity index (χ2v) is 5.45. The Labute approximate surface area is 135 Å². The van der Waals surface area contributed by atoms with Crippen molar-refractivity contribution < 1.29 is 9.18 Å². The zero-order valence-electron chi connectivity index (χ0n) is 13.9. The molecule has 2 aromatic rings. The Kier molecular flexibility index (Phi) is 5.31. The van der Waals surface area contributed by atoms with Gasteiger partial charge in [-0.05, 0) is 39.3 Å². The Hall–Kier alpha value is -2.44. The molecule has 124 valence electrons. The summed E-state index contributed by atoms with van der Waals surface area (Å²) in [5, 5.41) is 10.0. The first kappa shape index (κ1) is 16.9. The highest BCUT2D eigenvalue weighted by molar-refractivity contribution is 5.74. The summed E-state index contributed by atoms with van der Waals surface area (Å²) in [6.45, 7) is 8.91. The van der Waals surface area contributed by atoms with E-state index in [4.69, 9.17) is 0 Å². The van der Waals surface area contributed by atoms with E-state index in [0.717, 1.165) is 29.7 Å². The van der Waals surface area contributed by atoms with Gasteiger partial charge in [0.2, 0.25) is 0 Å². The number of pyridine rings is 1. The van der Waals surface area contributed by atoms with E-state index in [1.807, 2.05) is 25.5 Å². The van der Waals surface area contributed by atoms with Crippen molar-refractivity contribution in [2.75, 3.05) is 0 Å². The topological polar surface area (TPSA) is 71.8 Å². The molecule has 0 unspecified atom stereocenters. The third-order valence-electron chi connectivity index (χ3n) is 3.83. The molecule has 0 saturated carbocycles. The molecule has 0 aliphatic heterocycles. The molecule has 2 N–H and O–H groups in total. The van der Waals surface area contributed by atoms with Crippen molar-refractivity contribution in [3.8, 4) is 0 Å². The largest absolute Gasteiger partial charge is 0.334 e. The van der Waals surface area contributed by atoms with Crippen molar-refractivity contribution in [2.24, 2.45) is 0 Å². The van der Waals surface area contributed by atoms with Gasteiger partial charge in [0.05, 0.1) is 17.9 Å². The van der Waals surface area contributed by atoms with Crippen molar-refractivity contribution >= 4 is 6.03 Å². The molecule has 2 rings (SSSR count). The fraction of sp³-hybridized carbons (Fsp3) is 0.438. The first-order chi connectivity index (χ1) is 10.9. The highest BCUT2D eigenvalue weighted by Crippen LogP contribution is 2.13. The second kappa shape index (κ2) is 7.21. The lowest BCUT2D eigenvalue weighted by molar-refractivity contribution is 0.237. The third-order valence-corrected chi connectivity index (χ3v) is 3.83. The zero-order chi connectivity index (χ0) is 17.0. The number of nitrogens with zero attached hydrogens (tertiary/aromatic N) is 3. The predicted molar refractivity (Wildman–Crippen MR) is 85.4 cm³/mol. The molecular weight excluding hydrogens is 297 g/mol. The number of aromatic nitrogens is 3. The van der Waals surface area contributed by atoms with Crippen LogP contribution in [0, 0.1) is 19.7 Å². The second-order valence-electron chi connectivity index (χ2n) is 5.45. The average molecular weight is 319 g/mol. The van der Waals surface area contributed by atoms with Crippen molar-refractivity contribution in [3.63, 3.8) is 0 Å². The highest BCUT2D eigenvalue weighted by atomic mass is 19.1. The molecule has 0 aromatic carbocycles. The number of aryl methyl sites for hydroxylation is 2. The number of halogens is 1. The zero-order valence-corrected chi connectivity index (χ0v) is 13.9. The van der Waals surface area contributed by atoms with Gasteiger partial charge in [-0.1, -0.05) is 0 Å². The van der Waals surface area contributed by atoms with E-state index in [-0.39, 0.29) is 12.1 Å². The number of carbonyl (C=O) groups is 1. The Morgan fingerprint density at radius 3 is 2.74 bits per heavy atom. The van der Waals surface area contributed by atoms with Gasteiger partial charge in [0.15, 0.2) is 0 Å². The van der Waals surface area contributed by atoms with Crippen LogP contribution < -0.4 is 10.6 Å². The van der Waals surface area contributed by atoms with Crippen LogP contribution in [-0.2, 0) is 13.1 Å². The summed E-state index contributed by atoms with van der Waals surface area (Å²) in [4.78, 5) is 15.8. The number of urea groups is 1. The summed E-state index contributed by atoms with van der Waals surface area (Å²) < 4.78 is 15.1. The lowest BCUT2D eigenvalue weighted by atomic mass is 10.1. The van der Waals surface area contributed by atoms with Crippen LogP contribution >= 0.6 is 0 Å². The standard InChI is InChI=1S/C16H22FN5O/c1-5-22-12(4)15(11(3)21-22)9-19-16(23)20-10(2)13-6-14(17)8-18-7-13/h6-8,10H,5,9H2,1-4H3,(H2,19,20,23)/t10-/m0/s1. The number of carbonyl (C=O) groups excluding carboxylic acids is 1. The SMILES string of the molecule is CCn1nc(C)c(CNC(=O)N[C@@H](C)c2cncc(F)c2)c1C. The van der Waals surface area contributed by atoms with Crippen LogP contribution in [0.15, 0.2) is 18.5 Å². The Morgan fingerprint density at radius 1 is 1.39 bits per heavy atom. The van der Waals surface area contributed by atoms with E-state index in [2.05, 4.69) is 20.7 Å². The molecule has 0 saturated heterocycles. The van der Waals surface area contributed by atoms with Crippen LogP contribution in [0.1, 0.15) is 42.4 Å². The van der Waals surface area contributed by atoms with Gasteiger partial charge in [-0.3, -0.25) is 9.67 Å². The van der Waals surface area contributed by atoms with Crippen molar-refractivity contribution in [1.29, 1.82) is 0 Å². The minimum Gasteiger partial charge on any atom is -0.334 e. The fourth-order valence-electron chi connectivity index (χ4n) is 2.46. The summed E-state index contributed by atoms with van der Waals surface area (Å²) in [5.74, 6) is -0.421. The quantitative estimate of drug-likeness (QED) is 0.890. The molecule has 0 aliphatic rings. The van der Waals surface area contributed by atoms with Crippen molar-refractivity contribution in [3.05, 3.63) is 46.8 Å². The van der Waals surface area contributed by atoms with E-state index in [1.165, 1.54) is 12.3 Å². The molecule has 23 heavy (non-hydrogen) atoms.